The van der Waals surface area contributed by atoms with Crippen LogP contribution in [0, 0.1) is 11.6 Å². The van der Waals surface area contributed by atoms with E-state index in [-0.39, 0.29) is 12.6 Å². The first-order valence-corrected chi connectivity index (χ1v) is 7.94. The Morgan fingerprint density at radius 2 is 2.00 bits per heavy atom. The number of hydrogen-bond acceptors (Lipinski definition) is 4. The van der Waals surface area contributed by atoms with Crippen molar-refractivity contribution in [1.82, 2.24) is 9.62 Å². The zero-order valence-electron chi connectivity index (χ0n) is 12.1. The molecule has 0 unspecified atom stereocenters. The molecule has 1 atom stereocenters. The highest BCUT2D eigenvalue weighted by molar-refractivity contribution is 7.89. The van der Waals surface area contributed by atoms with E-state index in [0.717, 1.165) is 12.1 Å². The predicted octanol–water partition coefficient (Wildman–Crippen LogP) is 2.14. The molecule has 0 aliphatic carbocycles. The summed E-state index contributed by atoms with van der Waals surface area (Å²) in [5.74, 6) is -1.39. The quantitative estimate of drug-likeness (QED) is 0.881. The molecule has 2 aromatic rings. The normalized spacial score (nSPS) is 13.5. The maximum Gasteiger partial charge on any atom is 0.243 e. The Labute approximate surface area is 127 Å². The Balaban J connectivity index is 2.18. The predicted molar refractivity (Wildman–Crippen MR) is 76.7 cm³/mol. The lowest BCUT2D eigenvalue weighted by atomic mass is 10.2. The number of nitrogens with one attached hydrogen (secondary N) is 1. The van der Waals surface area contributed by atoms with Crippen LogP contribution in [0.2, 0.25) is 0 Å². The van der Waals surface area contributed by atoms with Crippen molar-refractivity contribution in [3.8, 4) is 0 Å². The molecule has 0 radical (unpaired) electrons. The summed E-state index contributed by atoms with van der Waals surface area (Å²) < 4.78 is 58.3. The summed E-state index contributed by atoms with van der Waals surface area (Å²) in [5, 5.41) is 0. The first-order chi connectivity index (χ1) is 10.3. The summed E-state index contributed by atoms with van der Waals surface area (Å²) in [7, 11) is -0.560. The van der Waals surface area contributed by atoms with Crippen LogP contribution in [0.15, 0.2) is 45.9 Å². The van der Waals surface area contributed by atoms with Crippen LogP contribution < -0.4 is 4.72 Å². The molecular formula is C14H16F2N2O3S. The van der Waals surface area contributed by atoms with E-state index in [1.165, 1.54) is 6.26 Å². The van der Waals surface area contributed by atoms with Gasteiger partial charge in [0.25, 0.3) is 0 Å². The topological polar surface area (TPSA) is 62.6 Å². The standard InChI is InChI=1S/C14H16F2N2O3S/c1-18(2)12(13-4-3-7-21-13)9-17-22(19,20)14-6-5-10(15)8-11(14)16/h3-8,12,17H,9H2,1-2H3/t12-/m1/s1. The second-order valence-electron chi connectivity index (χ2n) is 4.92. The third-order valence-corrected chi connectivity index (χ3v) is 4.60. The highest BCUT2D eigenvalue weighted by Crippen LogP contribution is 2.20. The van der Waals surface area contributed by atoms with Crippen molar-refractivity contribution in [3.05, 3.63) is 54.0 Å². The number of sulfonamides is 1. The van der Waals surface area contributed by atoms with Gasteiger partial charge in [-0.3, -0.25) is 4.90 Å². The molecular weight excluding hydrogens is 314 g/mol. The first-order valence-electron chi connectivity index (χ1n) is 6.46. The molecule has 0 spiro atoms. The largest absolute Gasteiger partial charge is 0.468 e. The van der Waals surface area contributed by atoms with Crippen LogP contribution in [-0.4, -0.2) is 34.0 Å². The molecule has 2 rings (SSSR count). The van der Waals surface area contributed by atoms with E-state index in [4.69, 9.17) is 4.42 Å². The molecule has 0 bridgehead atoms. The van der Waals surface area contributed by atoms with Gasteiger partial charge in [-0.15, -0.1) is 0 Å². The lowest BCUT2D eigenvalue weighted by Crippen LogP contribution is -2.34. The second kappa shape index (κ2) is 6.55. The van der Waals surface area contributed by atoms with Crippen LogP contribution in [0.5, 0.6) is 0 Å². The Morgan fingerprint density at radius 3 is 2.55 bits per heavy atom. The van der Waals surface area contributed by atoms with Crippen molar-refractivity contribution < 1.29 is 21.6 Å². The maximum atomic E-state index is 13.6. The van der Waals surface area contributed by atoms with Crippen LogP contribution >= 0.6 is 0 Å². The molecule has 1 heterocycles. The third kappa shape index (κ3) is 3.70. The SMILES string of the molecule is CN(C)[C@H](CNS(=O)(=O)c1ccc(F)cc1F)c1ccco1. The number of benzene rings is 1. The molecule has 1 aromatic heterocycles. The number of hydrogen-bond donors (Lipinski definition) is 1. The second-order valence-corrected chi connectivity index (χ2v) is 6.66. The number of furan rings is 1. The van der Waals surface area contributed by atoms with Gasteiger partial charge in [0.2, 0.25) is 10.0 Å². The Hall–Kier alpha value is -1.77. The number of likely N-dealkylation sites (N-methyl/N-ethyl adjacent to an activating group) is 1. The van der Waals surface area contributed by atoms with E-state index in [1.807, 2.05) is 0 Å². The lowest BCUT2D eigenvalue weighted by Gasteiger charge is -2.22. The van der Waals surface area contributed by atoms with Crippen molar-refractivity contribution in [3.63, 3.8) is 0 Å². The van der Waals surface area contributed by atoms with E-state index in [2.05, 4.69) is 4.72 Å². The third-order valence-electron chi connectivity index (χ3n) is 3.15. The highest BCUT2D eigenvalue weighted by Gasteiger charge is 2.23. The first kappa shape index (κ1) is 16.6. The molecule has 1 aromatic carbocycles. The van der Waals surface area contributed by atoms with Gasteiger partial charge >= 0.3 is 0 Å². The van der Waals surface area contributed by atoms with Crippen molar-refractivity contribution in [2.45, 2.75) is 10.9 Å². The van der Waals surface area contributed by atoms with Gasteiger partial charge in [0.15, 0.2) is 0 Å². The van der Waals surface area contributed by atoms with Crippen molar-refractivity contribution in [2.75, 3.05) is 20.6 Å². The number of nitrogens with zero attached hydrogens (tertiary/aromatic N) is 1. The zero-order chi connectivity index (χ0) is 16.3. The Morgan fingerprint density at radius 1 is 1.27 bits per heavy atom. The lowest BCUT2D eigenvalue weighted by molar-refractivity contribution is 0.259. The summed E-state index contributed by atoms with van der Waals surface area (Å²) in [6.45, 7) is -0.0142. The van der Waals surface area contributed by atoms with Crippen molar-refractivity contribution in [1.29, 1.82) is 0 Å². The maximum absolute atomic E-state index is 13.6. The van der Waals surface area contributed by atoms with Gasteiger partial charge in [-0.25, -0.2) is 21.9 Å². The van der Waals surface area contributed by atoms with Crippen LogP contribution in [0.3, 0.4) is 0 Å². The van der Waals surface area contributed by atoms with Crippen LogP contribution in [-0.2, 0) is 10.0 Å². The Kier molecular flexibility index (Phi) is 4.94. The van der Waals surface area contributed by atoms with E-state index in [1.54, 1.807) is 31.1 Å². The summed E-state index contributed by atoms with van der Waals surface area (Å²) >= 11 is 0. The molecule has 8 heteroatoms. The fraction of sp³-hybridized carbons (Fsp3) is 0.286. The molecule has 22 heavy (non-hydrogen) atoms. The average Bonchev–Trinajstić information content (AvgIpc) is 2.91. The Bertz CT molecular complexity index is 731. The van der Waals surface area contributed by atoms with Crippen LogP contribution in [0.4, 0.5) is 8.78 Å². The van der Waals surface area contributed by atoms with Crippen LogP contribution in [0.25, 0.3) is 0 Å². The van der Waals surface area contributed by atoms with E-state index >= 15 is 0 Å². The minimum atomic E-state index is -4.09. The van der Waals surface area contributed by atoms with Crippen molar-refractivity contribution in [2.24, 2.45) is 0 Å². The van der Waals surface area contributed by atoms with Crippen molar-refractivity contribution >= 4 is 10.0 Å². The fourth-order valence-electron chi connectivity index (χ4n) is 1.98. The minimum absolute atomic E-state index is 0.0142. The van der Waals surface area contributed by atoms with Gasteiger partial charge in [-0.2, -0.15) is 0 Å². The zero-order valence-corrected chi connectivity index (χ0v) is 12.9. The van der Waals surface area contributed by atoms with Gasteiger partial charge in [-0.05, 0) is 38.4 Å². The van der Waals surface area contributed by atoms with E-state index in [0.29, 0.717) is 11.8 Å². The summed E-state index contributed by atoms with van der Waals surface area (Å²) in [6.07, 6.45) is 1.49. The summed E-state index contributed by atoms with van der Waals surface area (Å²) in [5.41, 5.74) is 0. The van der Waals surface area contributed by atoms with Gasteiger partial charge in [-0.1, -0.05) is 0 Å². The minimum Gasteiger partial charge on any atom is -0.468 e. The molecule has 0 saturated heterocycles. The number of halogens is 2. The van der Waals surface area contributed by atoms with Gasteiger partial charge in [0.05, 0.1) is 12.3 Å². The van der Waals surface area contributed by atoms with E-state index < -0.39 is 26.6 Å². The number of rotatable bonds is 6. The van der Waals surface area contributed by atoms with E-state index in [9.17, 15) is 17.2 Å². The molecule has 0 fully saturated rings. The fourth-order valence-corrected chi connectivity index (χ4v) is 3.07. The average molecular weight is 330 g/mol. The molecule has 1 N–H and O–H groups in total. The van der Waals surface area contributed by atoms with Crippen LogP contribution in [0.1, 0.15) is 11.8 Å². The van der Waals surface area contributed by atoms with Gasteiger partial charge < -0.3 is 4.42 Å². The summed E-state index contributed by atoms with van der Waals surface area (Å²) in [4.78, 5) is 1.17. The molecule has 0 aliphatic rings. The monoisotopic (exact) mass is 330 g/mol. The summed E-state index contributed by atoms with van der Waals surface area (Å²) in [6, 6.07) is 5.38. The molecule has 120 valence electrons. The molecule has 0 amide bonds. The van der Waals surface area contributed by atoms with Gasteiger partial charge in [0.1, 0.15) is 22.3 Å². The highest BCUT2D eigenvalue weighted by atomic mass is 32.2. The van der Waals surface area contributed by atoms with Gasteiger partial charge in [0, 0.05) is 12.6 Å². The molecule has 0 aliphatic heterocycles. The smallest absolute Gasteiger partial charge is 0.243 e. The molecule has 5 nitrogen and oxygen atoms in total. The molecule has 0 saturated carbocycles.